The van der Waals surface area contributed by atoms with Crippen molar-refractivity contribution in [3.8, 4) is 0 Å². The van der Waals surface area contributed by atoms with Gasteiger partial charge in [-0.1, -0.05) is 30.1 Å². The molecule has 102 valence electrons. The summed E-state index contributed by atoms with van der Waals surface area (Å²) >= 11 is 13.1. The summed E-state index contributed by atoms with van der Waals surface area (Å²) in [6.45, 7) is 3.05. The molecule has 0 spiro atoms. The largest absolute Gasteiger partial charge is 0.322 e. The Morgan fingerprint density at radius 3 is 2.79 bits per heavy atom. The lowest BCUT2D eigenvalue weighted by Crippen LogP contribution is -2.28. The first-order valence-electron chi connectivity index (χ1n) is 5.74. The minimum atomic E-state index is -0.174. The minimum absolute atomic E-state index is 0.174. The minimum Gasteiger partial charge on any atom is -0.322 e. The molecule has 1 aromatic heterocycles. The van der Waals surface area contributed by atoms with Crippen LogP contribution in [-0.4, -0.2) is 27.7 Å². The van der Waals surface area contributed by atoms with Gasteiger partial charge in [0.1, 0.15) is 11.0 Å². The highest BCUT2D eigenvalue weighted by molar-refractivity contribution is 7.00. The molecule has 2 N–H and O–H groups in total. The number of nitrogens with zero attached hydrogens (tertiary/aromatic N) is 2. The molecule has 8 heteroatoms. The average Bonchev–Trinajstić information content (AvgIpc) is 2.84. The lowest BCUT2D eigenvalue weighted by molar-refractivity contribution is -0.115. The lowest BCUT2D eigenvalue weighted by Gasteiger charge is -2.08. The standard InChI is InChI=1S/C11H12Cl2N4OS/c1-2-3-14-5-8(18)15-9-6(12)4-7(13)10-11(9)17-19-16-10/h4,14H,2-3,5H2,1H3,(H,15,18). The number of aromatic nitrogens is 2. The highest BCUT2D eigenvalue weighted by Crippen LogP contribution is 2.35. The number of rotatable bonds is 5. The van der Waals surface area contributed by atoms with E-state index in [0.29, 0.717) is 26.8 Å². The van der Waals surface area contributed by atoms with E-state index in [1.165, 1.54) is 0 Å². The molecule has 5 nitrogen and oxygen atoms in total. The fourth-order valence-electron chi connectivity index (χ4n) is 1.56. The smallest absolute Gasteiger partial charge is 0.238 e. The Hall–Kier alpha value is -0.950. The average molecular weight is 319 g/mol. The highest BCUT2D eigenvalue weighted by Gasteiger charge is 2.15. The summed E-state index contributed by atoms with van der Waals surface area (Å²) in [5, 5.41) is 6.53. The third-order valence-electron chi connectivity index (χ3n) is 2.42. The van der Waals surface area contributed by atoms with Crippen LogP contribution >= 0.6 is 34.9 Å². The van der Waals surface area contributed by atoms with Gasteiger partial charge in [0.15, 0.2) is 0 Å². The van der Waals surface area contributed by atoms with Gasteiger partial charge in [-0.2, -0.15) is 8.75 Å². The second kappa shape index (κ2) is 6.47. The van der Waals surface area contributed by atoms with Gasteiger partial charge in [0.2, 0.25) is 5.91 Å². The monoisotopic (exact) mass is 318 g/mol. The second-order valence-electron chi connectivity index (χ2n) is 3.90. The van der Waals surface area contributed by atoms with Gasteiger partial charge in [0.05, 0.1) is 34.0 Å². The molecule has 1 heterocycles. The van der Waals surface area contributed by atoms with Gasteiger partial charge in [-0.05, 0) is 19.0 Å². The van der Waals surface area contributed by atoms with Crippen LogP contribution in [0.25, 0.3) is 11.0 Å². The first-order chi connectivity index (χ1) is 9.13. The van der Waals surface area contributed by atoms with E-state index in [1.54, 1.807) is 6.07 Å². The molecule has 2 aromatic rings. The Morgan fingerprint density at radius 2 is 2.05 bits per heavy atom. The summed E-state index contributed by atoms with van der Waals surface area (Å²) in [5.41, 5.74) is 1.53. The van der Waals surface area contributed by atoms with Crippen molar-refractivity contribution in [1.29, 1.82) is 0 Å². The van der Waals surface area contributed by atoms with Crippen molar-refractivity contribution >= 4 is 57.6 Å². The number of benzene rings is 1. The quantitative estimate of drug-likeness (QED) is 0.832. The predicted molar refractivity (Wildman–Crippen MR) is 79.2 cm³/mol. The molecule has 1 aromatic carbocycles. The molecule has 0 bridgehead atoms. The first-order valence-corrected chi connectivity index (χ1v) is 7.23. The van der Waals surface area contributed by atoms with E-state index in [1.807, 2.05) is 6.92 Å². The molecule has 1 amide bonds. The molecule has 2 rings (SSSR count). The van der Waals surface area contributed by atoms with Crippen LogP contribution in [0.1, 0.15) is 13.3 Å². The lowest BCUT2D eigenvalue weighted by atomic mass is 10.2. The van der Waals surface area contributed by atoms with Crippen LogP contribution in [-0.2, 0) is 4.79 Å². The number of fused-ring (bicyclic) bond motifs is 1. The van der Waals surface area contributed by atoms with Crippen molar-refractivity contribution in [2.45, 2.75) is 13.3 Å². The maximum Gasteiger partial charge on any atom is 0.238 e. The molecular weight excluding hydrogens is 307 g/mol. The van der Waals surface area contributed by atoms with Crippen LogP contribution in [0.4, 0.5) is 5.69 Å². The van der Waals surface area contributed by atoms with E-state index in [-0.39, 0.29) is 12.5 Å². The van der Waals surface area contributed by atoms with Crippen molar-refractivity contribution < 1.29 is 4.79 Å². The van der Waals surface area contributed by atoms with E-state index in [4.69, 9.17) is 23.2 Å². The van der Waals surface area contributed by atoms with Crippen molar-refractivity contribution in [2.75, 3.05) is 18.4 Å². The van der Waals surface area contributed by atoms with E-state index in [9.17, 15) is 4.79 Å². The summed E-state index contributed by atoms with van der Waals surface area (Å²) in [6, 6.07) is 1.56. The number of nitrogens with one attached hydrogen (secondary N) is 2. The summed E-state index contributed by atoms with van der Waals surface area (Å²) in [7, 11) is 0. The number of hydrogen-bond acceptors (Lipinski definition) is 5. The number of amides is 1. The van der Waals surface area contributed by atoms with E-state index in [0.717, 1.165) is 24.7 Å². The SMILES string of the molecule is CCCNCC(=O)Nc1c(Cl)cc(Cl)c2nsnc12. The van der Waals surface area contributed by atoms with Gasteiger partial charge >= 0.3 is 0 Å². The van der Waals surface area contributed by atoms with Gasteiger partial charge in [-0.3, -0.25) is 4.79 Å². The Kier molecular flexibility index (Phi) is 4.93. The molecule has 0 aliphatic carbocycles. The van der Waals surface area contributed by atoms with E-state index in [2.05, 4.69) is 19.4 Å². The fraction of sp³-hybridized carbons (Fsp3) is 0.364. The topological polar surface area (TPSA) is 66.9 Å². The zero-order valence-corrected chi connectivity index (χ0v) is 12.5. The normalized spacial score (nSPS) is 10.9. The highest BCUT2D eigenvalue weighted by atomic mass is 35.5. The number of carbonyl (C=O) groups excluding carboxylic acids is 1. The maximum atomic E-state index is 11.8. The van der Waals surface area contributed by atoms with Gasteiger partial charge in [-0.15, -0.1) is 0 Å². The maximum absolute atomic E-state index is 11.8. The van der Waals surface area contributed by atoms with Crippen LogP contribution in [0.15, 0.2) is 6.07 Å². The fourth-order valence-corrected chi connectivity index (χ4v) is 2.71. The predicted octanol–water partition coefficient (Wildman–Crippen LogP) is 2.94. The zero-order valence-electron chi connectivity index (χ0n) is 10.2. The van der Waals surface area contributed by atoms with Gasteiger partial charge < -0.3 is 10.6 Å². The number of anilines is 1. The van der Waals surface area contributed by atoms with Gasteiger partial charge in [-0.25, -0.2) is 0 Å². The number of halogens is 2. The Labute approximate surface area is 124 Å². The summed E-state index contributed by atoms with van der Waals surface area (Å²) in [5.74, 6) is -0.174. The molecule has 0 fully saturated rings. The molecule has 0 radical (unpaired) electrons. The molecule has 19 heavy (non-hydrogen) atoms. The van der Waals surface area contributed by atoms with Gasteiger partial charge in [0, 0.05) is 0 Å². The zero-order chi connectivity index (χ0) is 13.8. The van der Waals surface area contributed by atoms with Crippen molar-refractivity contribution in [2.24, 2.45) is 0 Å². The van der Waals surface area contributed by atoms with Crippen LogP contribution in [0.2, 0.25) is 10.0 Å². The second-order valence-corrected chi connectivity index (χ2v) is 5.24. The Bertz CT molecular complexity index is 602. The van der Waals surface area contributed by atoms with Crippen LogP contribution in [0.3, 0.4) is 0 Å². The molecular formula is C11H12Cl2N4OS. The first kappa shape index (κ1) is 14.5. The molecule has 0 saturated heterocycles. The number of carbonyl (C=O) groups is 1. The van der Waals surface area contributed by atoms with Crippen molar-refractivity contribution in [1.82, 2.24) is 14.1 Å². The molecule has 0 aliphatic heterocycles. The Balaban J connectivity index is 2.20. The van der Waals surface area contributed by atoms with Crippen LogP contribution in [0, 0.1) is 0 Å². The third-order valence-corrected chi connectivity index (χ3v) is 3.54. The number of hydrogen-bond donors (Lipinski definition) is 2. The van der Waals surface area contributed by atoms with Crippen LogP contribution in [0.5, 0.6) is 0 Å². The molecule has 0 saturated carbocycles. The summed E-state index contributed by atoms with van der Waals surface area (Å²) in [6.07, 6.45) is 0.967. The molecule has 0 atom stereocenters. The van der Waals surface area contributed by atoms with Gasteiger partial charge in [0.25, 0.3) is 0 Å². The van der Waals surface area contributed by atoms with Crippen molar-refractivity contribution in [3.63, 3.8) is 0 Å². The van der Waals surface area contributed by atoms with Crippen LogP contribution < -0.4 is 10.6 Å². The van der Waals surface area contributed by atoms with E-state index < -0.39 is 0 Å². The summed E-state index contributed by atoms with van der Waals surface area (Å²) < 4.78 is 8.19. The molecule has 0 aliphatic rings. The third kappa shape index (κ3) is 3.33. The van der Waals surface area contributed by atoms with E-state index >= 15 is 0 Å². The summed E-state index contributed by atoms with van der Waals surface area (Å²) in [4.78, 5) is 11.8. The van der Waals surface area contributed by atoms with Crippen molar-refractivity contribution in [3.05, 3.63) is 16.1 Å². The molecule has 0 unspecified atom stereocenters. The Morgan fingerprint density at radius 1 is 1.32 bits per heavy atom.